The number of nitrogens with one attached hydrogen (secondary N) is 1. The number of aliphatic hydroxyl groups excluding tert-OH is 1. The zero-order valence-corrected chi connectivity index (χ0v) is 58.7. The fourth-order valence-electron chi connectivity index (χ4n) is 11.9. The van der Waals surface area contributed by atoms with Crippen LogP contribution in [0.1, 0.15) is 291 Å². The summed E-state index contributed by atoms with van der Waals surface area (Å²) in [7, 11) is -6.63. The number of allylic oxidation sites excluding steroid dienone is 2. The number of carbonyl (C=O) groups excluding carboxylic acids is 1. The van der Waals surface area contributed by atoms with E-state index < -0.39 is 82.9 Å². The maximum Gasteiger partial charge on any atom is 0.470 e. The fourth-order valence-corrected chi connectivity index (χ4v) is 12.8. The van der Waals surface area contributed by atoms with Crippen molar-refractivity contribution in [2.75, 3.05) is 60.0 Å². The van der Waals surface area contributed by atoms with Gasteiger partial charge < -0.3 is 72.6 Å². The van der Waals surface area contributed by atoms with Gasteiger partial charge in [-0.1, -0.05) is 239 Å². The molecule has 0 aromatic rings. The van der Waals surface area contributed by atoms with Crippen molar-refractivity contribution in [3.63, 3.8) is 0 Å². The third kappa shape index (κ3) is 43.0. The standard InChI is InChI=1S/C68H133NO18P2/c1-7-11-15-19-22-25-28-29-30-31-32-33-36-40-44-48-60(70)69-61-64(82-52-49-57(79-6)47-43-39-18-14-10-4)63(87-89(75,76)77)59(55-78-5)86-67(61)84-56-58-62(71)65(80-50-45-41-37-34-26-23-20-16-12-8-2)66(68(85-58)83-53-54-88(72,73)74)81-51-46-42-38-35-27-24-21-17-13-9-3/h29-30,57-59,61-68,71H,7-28,31-56H2,1-6H3,(H,69,70)(H2,72,73,74)(H2,75,76,77)/b30-29+/t57-,58-,59-,61-,62-,63-,64-,65+,66-,67-,68+/m1/s1. The molecule has 528 valence electrons. The largest absolute Gasteiger partial charge is 0.470 e. The molecule has 2 fully saturated rings. The number of unbranched alkanes of at least 4 members (excludes halogenated alkanes) is 33. The average Bonchev–Trinajstić information content (AvgIpc) is 1.01. The van der Waals surface area contributed by atoms with Crippen LogP contribution in [0, 0.1) is 0 Å². The molecule has 0 aromatic heterocycles. The highest BCUT2D eigenvalue weighted by Gasteiger charge is 2.53. The minimum absolute atomic E-state index is 0.0723. The van der Waals surface area contributed by atoms with Crippen molar-refractivity contribution >= 4 is 21.3 Å². The van der Waals surface area contributed by atoms with Gasteiger partial charge >= 0.3 is 15.4 Å². The molecule has 0 aromatic carbocycles. The molecule has 2 aliphatic heterocycles. The molecule has 0 bridgehead atoms. The molecule has 0 aliphatic carbocycles. The summed E-state index contributed by atoms with van der Waals surface area (Å²) >= 11 is 0. The van der Waals surface area contributed by atoms with Crippen molar-refractivity contribution in [2.24, 2.45) is 0 Å². The maximum atomic E-state index is 14.2. The van der Waals surface area contributed by atoms with E-state index in [4.69, 9.17) is 47.2 Å². The van der Waals surface area contributed by atoms with Crippen LogP contribution in [0.3, 0.4) is 0 Å². The van der Waals surface area contributed by atoms with Crippen LogP contribution in [-0.4, -0.2) is 158 Å². The molecule has 6 N–H and O–H groups in total. The Bertz CT molecular complexity index is 1760. The predicted molar refractivity (Wildman–Crippen MR) is 354 cm³/mol. The lowest BCUT2D eigenvalue weighted by atomic mass is 9.95. The molecule has 0 spiro atoms. The Morgan fingerprint density at radius 1 is 0.472 bits per heavy atom. The zero-order valence-electron chi connectivity index (χ0n) is 56.9. The number of aliphatic hydroxyl groups is 1. The van der Waals surface area contributed by atoms with Gasteiger partial charge in [-0.2, -0.15) is 0 Å². The van der Waals surface area contributed by atoms with Gasteiger partial charge in [-0.3, -0.25) is 13.9 Å². The van der Waals surface area contributed by atoms with E-state index in [1.165, 1.54) is 123 Å². The number of rotatable bonds is 62. The summed E-state index contributed by atoms with van der Waals surface area (Å²) in [5.41, 5.74) is 0. The van der Waals surface area contributed by atoms with Gasteiger partial charge in [0.2, 0.25) is 5.91 Å². The number of hydrogen-bond acceptors (Lipinski definition) is 14. The molecule has 21 heteroatoms. The number of phosphoric acid groups is 1. The van der Waals surface area contributed by atoms with E-state index in [2.05, 4.69) is 45.2 Å². The maximum absolute atomic E-state index is 14.2. The first kappa shape index (κ1) is 84.2. The van der Waals surface area contributed by atoms with Crippen LogP contribution in [-0.2, 0) is 61.1 Å². The first-order chi connectivity index (χ1) is 43.1. The van der Waals surface area contributed by atoms with Crippen LogP contribution in [0.25, 0.3) is 0 Å². The third-order valence-corrected chi connectivity index (χ3v) is 18.6. The molecule has 0 unspecified atom stereocenters. The molecular weight excluding hydrogens is 1180 g/mol. The van der Waals surface area contributed by atoms with Crippen molar-refractivity contribution in [2.45, 2.75) is 358 Å². The van der Waals surface area contributed by atoms with E-state index in [-0.39, 0.29) is 44.9 Å². The Hall–Kier alpha value is -0.930. The van der Waals surface area contributed by atoms with Crippen LogP contribution < -0.4 is 5.32 Å². The molecule has 2 saturated heterocycles. The van der Waals surface area contributed by atoms with E-state index in [0.29, 0.717) is 26.1 Å². The molecule has 0 radical (unpaired) electrons. The molecule has 2 heterocycles. The predicted octanol–water partition coefficient (Wildman–Crippen LogP) is 15.4. The number of phosphoric ester groups is 1. The summed E-state index contributed by atoms with van der Waals surface area (Å²) in [4.78, 5) is 54.7. The normalized spacial score (nSPS) is 23.0. The van der Waals surface area contributed by atoms with Gasteiger partial charge in [0.15, 0.2) is 12.6 Å². The Kier molecular flexibility index (Phi) is 52.2. The van der Waals surface area contributed by atoms with Crippen molar-refractivity contribution in [3.05, 3.63) is 12.2 Å². The topological polar surface area (TPSA) is 257 Å². The second-order valence-electron chi connectivity index (χ2n) is 25.3. The fraction of sp³-hybridized carbons (Fsp3) is 0.956. The van der Waals surface area contributed by atoms with E-state index in [0.717, 1.165) is 128 Å². The summed E-state index contributed by atoms with van der Waals surface area (Å²) in [6.07, 6.45) is 36.6. The summed E-state index contributed by atoms with van der Waals surface area (Å²) < 4.78 is 87.3. The first-order valence-electron chi connectivity index (χ1n) is 35.9. The van der Waals surface area contributed by atoms with Gasteiger partial charge in [0.1, 0.15) is 48.8 Å². The van der Waals surface area contributed by atoms with Crippen molar-refractivity contribution in [1.29, 1.82) is 0 Å². The molecule has 2 rings (SSSR count). The zero-order chi connectivity index (χ0) is 65.1. The third-order valence-electron chi connectivity index (χ3n) is 17.3. The highest BCUT2D eigenvalue weighted by Crippen LogP contribution is 2.43. The second kappa shape index (κ2) is 55.2. The lowest BCUT2D eigenvalue weighted by Crippen LogP contribution is -2.67. The highest BCUT2D eigenvalue weighted by molar-refractivity contribution is 7.51. The van der Waals surface area contributed by atoms with Crippen LogP contribution in [0.4, 0.5) is 0 Å². The summed E-state index contributed by atoms with van der Waals surface area (Å²) in [6.45, 7) is 8.58. The lowest BCUT2D eigenvalue weighted by Gasteiger charge is -2.47. The van der Waals surface area contributed by atoms with Crippen LogP contribution in [0.15, 0.2) is 12.2 Å². The van der Waals surface area contributed by atoms with Gasteiger partial charge in [-0.25, -0.2) is 4.57 Å². The Morgan fingerprint density at radius 2 is 0.921 bits per heavy atom. The minimum Gasteiger partial charge on any atom is -0.387 e. The lowest BCUT2D eigenvalue weighted by molar-refractivity contribution is -0.330. The molecule has 11 atom stereocenters. The molecule has 2 aliphatic rings. The van der Waals surface area contributed by atoms with Crippen molar-refractivity contribution < 1.29 is 85.8 Å². The SMILES string of the molecule is CCCCCCCC/C=C/CCCCCCCC(=O)N[C@H]1[C@H](OC[C@H]2O[C@H](OCCP(=O)(O)O)[C@H](OCCCCCCCCCCCC)[C@@H](OCCCCCCCCCCCC)[C@@H]2O)O[C@H](COC)[C@@H](OP(=O)(O)O)[C@@H]1OCC[C@@H](CCCCCCC)OC. The molecule has 0 saturated carbocycles. The number of carbonyl (C=O) groups is 1. The number of hydrogen-bond donors (Lipinski definition) is 6. The minimum atomic E-state index is -5.21. The molecule has 89 heavy (non-hydrogen) atoms. The quantitative estimate of drug-likeness (QED) is 0.0188. The summed E-state index contributed by atoms with van der Waals surface area (Å²) in [6, 6.07) is -1.21. The van der Waals surface area contributed by atoms with Gasteiger partial charge in [-0.05, 0) is 57.8 Å². The number of amides is 1. The Morgan fingerprint density at radius 3 is 1.40 bits per heavy atom. The van der Waals surface area contributed by atoms with Gasteiger partial charge in [0, 0.05) is 40.5 Å². The number of ether oxygens (including phenoxy) is 9. The van der Waals surface area contributed by atoms with Crippen molar-refractivity contribution in [3.8, 4) is 0 Å². The molecular formula is C68H133NO18P2. The van der Waals surface area contributed by atoms with Crippen LogP contribution in [0.5, 0.6) is 0 Å². The average molecular weight is 1310 g/mol. The van der Waals surface area contributed by atoms with E-state index in [1.54, 1.807) is 7.11 Å². The van der Waals surface area contributed by atoms with Gasteiger partial charge in [-0.15, -0.1) is 0 Å². The van der Waals surface area contributed by atoms with E-state index >= 15 is 0 Å². The number of methoxy groups -OCH3 is 2. The smallest absolute Gasteiger partial charge is 0.387 e. The second-order valence-corrected chi connectivity index (χ2v) is 28.3. The van der Waals surface area contributed by atoms with Crippen LogP contribution in [0.2, 0.25) is 0 Å². The van der Waals surface area contributed by atoms with E-state index in [9.17, 15) is 38.6 Å². The monoisotopic (exact) mass is 1310 g/mol. The van der Waals surface area contributed by atoms with Crippen molar-refractivity contribution in [1.82, 2.24) is 5.32 Å². The molecule has 19 nitrogen and oxygen atoms in total. The van der Waals surface area contributed by atoms with Gasteiger partial charge in [0.05, 0.1) is 32.1 Å². The Balaban J connectivity index is 2.44. The van der Waals surface area contributed by atoms with E-state index in [1.807, 2.05) is 0 Å². The van der Waals surface area contributed by atoms with Gasteiger partial charge in [0.25, 0.3) is 0 Å². The first-order valence-corrected chi connectivity index (χ1v) is 39.3. The summed E-state index contributed by atoms with van der Waals surface area (Å²) in [5.74, 6) is -0.351. The Labute approximate surface area is 540 Å². The van der Waals surface area contributed by atoms with Crippen LogP contribution >= 0.6 is 15.4 Å². The summed E-state index contributed by atoms with van der Waals surface area (Å²) in [5, 5.41) is 15.5. The molecule has 1 amide bonds. The highest BCUT2D eigenvalue weighted by atomic mass is 31.2.